The molecule has 172 valence electrons. The first-order valence-corrected chi connectivity index (χ1v) is 11.3. The number of fused-ring (bicyclic) bond motifs is 1. The van der Waals surface area contributed by atoms with E-state index in [1.54, 1.807) is 28.6 Å². The lowest BCUT2D eigenvalue weighted by molar-refractivity contribution is 0.0513. The average Bonchev–Trinajstić information content (AvgIpc) is 3.19. The van der Waals surface area contributed by atoms with E-state index in [-0.39, 0.29) is 41.1 Å². The van der Waals surface area contributed by atoms with Gasteiger partial charge in [-0.3, -0.25) is 4.79 Å². The summed E-state index contributed by atoms with van der Waals surface area (Å²) in [6.45, 7) is 4.57. The van der Waals surface area contributed by atoms with Crippen LogP contribution in [0.3, 0.4) is 0 Å². The number of halogens is 2. The summed E-state index contributed by atoms with van der Waals surface area (Å²) in [4.78, 5) is 27.8. The Hall–Kier alpha value is -3.03. The van der Waals surface area contributed by atoms with Gasteiger partial charge in [-0.2, -0.15) is 5.10 Å². The van der Waals surface area contributed by atoms with Crippen LogP contribution >= 0.6 is 23.2 Å². The third-order valence-corrected chi connectivity index (χ3v) is 6.18. The third kappa shape index (κ3) is 4.30. The lowest BCUT2D eigenvalue weighted by atomic mass is 10.0. The van der Waals surface area contributed by atoms with Crippen LogP contribution in [0.2, 0.25) is 10.0 Å². The van der Waals surface area contributed by atoms with E-state index in [1.807, 2.05) is 31.2 Å². The lowest BCUT2D eigenvalue weighted by Gasteiger charge is -2.28. The minimum absolute atomic E-state index is 0.181. The predicted octanol–water partition coefficient (Wildman–Crippen LogP) is 4.87. The van der Waals surface area contributed by atoms with Crippen LogP contribution < -0.4 is 4.74 Å². The molecule has 0 saturated heterocycles. The number of carbonyl (C=O) groups is 2. The smallest absolute Gasteiger partial charge is 0.359 e. The van der Waals surface area contributed by atoms with Crippen molar-refractivity contribution in [3.63, 3.8) is 0 Å². The maximum atomic E-state index is 13.4. The number of amides is 1. The van der Waals surface area contributed by atoms with E-state index in [0.29, 0.717) is 23.6 Å². The average molecular weight is 488 g/mol. The molecule has 0 saturated carbocycles. The first-order valence-electron chi connectivity index (χ1n) is 10.5. The van der Waals surface area contributed by atoms with Gasteiger partial charge < -0.3 is 14.4 Å². The van der Waals surface area contributed by atoms with E-state index in [9.17, 15) is 9.59 Å². The topological polar surface area (TPSA) is 73.7 Å². The quantitative estimate of drug-likeness (QED) is 0.479. The standard InChI is InChI=1S/C24H23Cl2N3O4/c1-4-33-24(31)21-16-13-28(23(30)20-17(25)9-10-18(26)22(20)32-3)12-11-19(16)29(27-21)15-7-5-14(2)6-8-15/h5-10H,4,11-13H2,1-3H3. The zero-order valence-electron chi connectivity index (χ0n) is 18.5. The number of hydrogen-bond acceptors (Lipinski definition) is 5. The summed E-state index contributed by atoms with van der Waals surface area (Å²) in [5, 5.41) is 5.11. The van der Waals surface area contributed by atoms with Crippen molar-refractivity contribution in [2.24, 2.45) is 0 Å². The van der Waals surface area contributed by atoms with Crippen molar-refractivity contribution in [1.82, 2.24) is 14.7 Å². The number of benzene rings is 2. The maximum absolute atomic E-state index is 13.4. The minimum atomic E-state index is -0.521. The molecule has 0 radical (unpaired) electrons. The molecule has 0 atom stereocenters. The lowest BCUT2D eigenvalue weighted by Crippen LogP contribution is -2.37. The second-order valence-electron chi connectivity index (χ2n) is 7.66. The Morgan fingerprint density at radius 2 is 1.79 bits per heavy atom. The van der Waals surface area contributed by atoms with E-state index in [1.165, 1.54) is 7.11 Å². The summed E-state index contributed by atoms with van der Waals surface area (Å²) >= 11 is 12.6. The van der Waals surface area contributed by atoms with Gasteiger partial charge in [-0.1, -0.05) is 40.9 Å². The van der Waals surface area contributed by atoms with Crippen LogP contribution in [0.5, 0.6) is 5.75 Å². The van der Waals surface area contributed by atoms with Gasteiger partial charge in [-0.25, -0.2) is 9.48 Å². The molecule has 1 amide bonds. The van der Waals surface area contributed by atoms with Gasteiger partial charge in [0, 0.05) is 18.5 Å². The Labute approximate surface area is 201 Å². The van der Waals surface area contributed by atoms with Gasteiger partial charge in [0.15, 0.2) is 11.4 Å². The first kappa shape index (κ1) is 23.1. The van der Waals surface area contributed by atoms with Crippen LogP contribution in [0.25, 0.3) is 5.69 Å². The Bertz CT molecular complexity index is 1220. The Balaban J connectivity index is 1.75. The van der Waals surface area contributed by atoms with Crippen LogP contribution in [-0.2, 0) is 17.7 Å². The van der Waals surface area contributed by atoms with E-state index in [4.69, 9.17) is 32.7 Å². The molecule has 1 aliphatic heterocycles. The van der Waals surface area contributed by atoms with Gasteiger partial charge in [-0.05, 0) is 38.1 Å². The Kier molecular flexibility index (Phi) is 6.63. The maximum Gasteiger partial charge on any atom is 0.359 e. The first-order chi connectivity index (χ1) is 15.8. The number of ether oxygens (including phenoxy) is 2. The Morgan fingerprint density at radius 1 is 1.09 bits per heavy atom. The van der Waals surface area contributed by atoms with Gasteiger partial charge >= 0.3 is 5.97 Å². The molecule has 2 aromatic carbocycles. The summed E-state index contributed by atoms with van der Waals surface area (Å²) in [5.41, 5.74) is 3.88. The molecule has 2 heterocycles. The highest BCUT2D eigenvalue weighted by Gasteiger charge is 2.33. The van der Waals surface area contributed by atoms with E-state index in [0.717, 1.165) is 16.9 Å². The number of rotatable bonds is 5. The summed E-state index contributed by atoms with van der Waals surface area (Å²) in [6, 6.07) is 11.0. The largest absolute Gasteiger partial charge is 0.494 e. The molecule has 0 bridgehead atoms. The van der Waals surface area contributed by atoms with Crippen molar-refractivity contribution in [3.8, 4) is 11.4 Å². The molecular weight excluding hydrogens is 465 g/mol. The van der Waals surface area contributed by atoms with Gasteiger partial charge in [0.2, 0.25) is 0 Å². The molecule has 0 aliphatic carbocycles. The zero-order valence-corrected chi connectivity index (χ0v) is 20.0. The summed E-state index contributed by atoms with van der Waals surface area (Å²) in [5.74, 6) is -0.629. The molecule has 1 aromatic heterocycles. The monoisotopic (exact) mass is 487 g/mol. The molecule has 7 nitrogen and oxygen atoms in total. The summed E-state index contributed by atoms with van der Waals surface area (Å²) in [7, 11) is 1.44. The fourth-order valence-electron chi connectivity index (χ4n) is 3.95. The van der Waals surface area contributed by atoms with Gasteiger partial charge in [0.25, 0.3) is 5.91 Å². The van der Waals surface area contributed by atoms with Crippen molar-refractivity contribution < 1.29 is 19.1 Å². The molecule has 9 heteroatoms. The second kappa shape index (κ2) is 9.45. The molecule has 0 N–H and O–H groups in total. The fourth-order valence-corrected chi connectivity index (χ4v) is 4.41. The molecule has 3 aromatic rings. The van der Waals surface area contributed by atoms with Crippen molar-refractivity contribution >= 4 is 35.1 Å². The Morgan fingerprint density at radius 3 is 2.45 bits per heavy atom. The number of hydrogen-bond donors (Lipinski definition) is 0. The highest BCUT2D eigenvalue weighted by molar-refractivity contribution is 6.37. The van der Waals surface area contributed by atoms with Crippen LogP contribution in [0.15, 0.2) is 36.4 Å². The molecular formula is C24H23Cl2N3O4. The van der Waals surface area contributed by atoms with Gasteiger partial charge in [0.1, 0.15) is 5.56 Å². The normalized spacial score (nSPS) is 12.9. The van der Waals surface area contributed by atoms with Crippen LogP contribution in [0.4, 0.5) is 0 Å². The van der Waals surface area contributed by atoms with E-state index in [2.05, 4.69) is 5.10 Å². The van der Waals surface area contributed by atoms with Crippen LogP contribution in [-0.4, -0.2) is 46.8 Å². The van der Waals surface area contributed by atoms with Gasteiger partial charge in [0.05, 0.1) is 41.7 Å². The molecule has 4 rings (SSSR count). The minimum Gasteiger partial charge on any atom is -0.494 e. The number of nitrogens with zero attached hydrogens (tertiary/aromatic N) is 3. The SMILES string of the molecule is CCOC(=O)c1nn(-c2ccc(C)cc2)c2c1CN(C(=O)c1c(Cl)ccc(Cl)c1OC)CC2. The molecule has 0 unspecified atom stereocenters. The van der Waals surface area contributed by atoms with E-state index < -0.39 is 5.97 Å². The van der Waals surface area contributed by atoms with Gasteiger partial charge in [-0.15, -0.1) is 0 Å². The third-order valence-electron chi connectivity index (χ3n) is 5.57. The molecule has 33 heavy (non-hydrogen) atoms. The van der Waals surface area contributed by atoms with E-state index >= 15 is 0 Å². The summed E-state index contributed by atoms with van der Waals surface area (Å²) < 4.78 is 12.3. The van der Waals surface area contributed by atoms with Crippen molar-refractivity contribution in [1.29, 1.82) is 0 Å². The number of aryl methyl sites for hydroxylation is 1. The predicted molar refractivity (Wildman–Crippen MR) is 126 cm³/mol. The van der Waals surface area contributed by atoms with Crippen molar-refractivity contribution in [2.45, 2.75) is 26.8 Å². The number of methoxy groups -OCH3 is 1. The fraction of sp³-hybridized carbons (Fsp3) is 0.292. The summed E-state index contributed by atoms with van der Waals surface area (Å²) in [6.07, 6.45) is 0.502. The van der Waals surface area contributed by atoms with Crippen molar-refractivity contribution in [2.75, 3.05) is 20.3 Å². The number of aromatic nitrogens is 2. The number of carbonyl (C=O) groups excluding carboxylic acids is 2. The molecule has 0 spiro atoms. The highest BCUT2D eigenvalue weighted by atomic mass is 35.5. The van der Waals surface area contributed by atoms with Crippen molar-refractivity contribution in [3.05, 3.63) is 74.5 Å². The molecule has 0 fully saturated rings. The molecule has 1 aliphatic rings. The van der Waals surface area contributed by atoms with Crippen LogP contribution in [0.1, 0.15) is 44.6 Å². The number of esters is 1. The highest BCUT2D eigenvalue weighted by Crippen LogP contribution is 2.36. The van der Waals surface area contributed by atoms with Crippen LogP contribution in [0, 0.1) is 6.92 Å². The zero-order chi connectivity index (χ0) is 23.7. The second-order valence-corrected chi connectivity index (χ2v) is 8.47.